The molecule has 0 saturated carbocycles. The normalized spacial score (nSPS) is 11.5. The van der Waals surface area contributed by atoms with Crippen molar-refractivity contribution in [2.45, 2.75) is 33.3 Å². The van der Waals surface area contributed by atoms with Gasteiger partial charge in [-0.25, -0.2) is 19.1 Å². The molecule has 0 amide bonds. The Labute approximate surface area is 162 Å². The molecule has 0 saturated heterocycles. The highest BCUT2D eigenvalue weighted by Gasteiger charge is 2.25. The molecule has 0 atom stereocenters. The molecule has 28 heavy (non-hydrogen) atoms. The molecule has 0 spiro atoms. The number of carbonyl (C=O) groups is 2. The Morgan fingerprint density at radius 2 is 1.71 bits per heavy atom. The van der Waals surface area contributed by atoms with Crippen molar-refractivity contribution in [1.29, 1.82) is 0 Å². The summed E-state index contributed by atoms with van der Waals surface area (Å²) >= 11 is 0. The van der Waals surface area contributed by atoms with E-state index < -0.39 is 17.7 Å². The van der Waals surface area contributed by atoms with Crippen molar-refractivity contribution in [3.63, 3.8) is 0 Å². The summed E-state index contributed by atoms with van der Waals surface area (Å²) in [5, 5.41) is 9.54. The number of methoxy groups -OCH3 is 1. The number of hydrogen-bond donors (Lipinski definition) is 1. The van der Waals surface area contributed by atoms with Gasteiger partial charge in [-0.2, -0.15) is 0 Å². The number of aryl methyl sites for hydroxylation is 1. The molecule has 7 nitrogen and oxygen atoms in total. The highest BCUT2D eigenvalue weighted by atomic mass is 16.6. The number of ether oxygens (including phenoxy) is 2. The number of imidazole rings is 1. The Bertz CT molecular complexity index is 1060. The van der Waals surface area contributed by atoms with Crippen molar-refractivity contribution >= 4 is 23.1 Å². The van der Waals surface area contributed by atoms with Gasteiger partial charge in [-0.1, -0.05) is 12.1 Å². The lowest BCUT2D eigenvalue weighted by atomic mass is 10.0. The van der Waals surface area contributed by atoms with Crippen LogP contribution >= 0.6 is 0 Å². The van der Waals surface area contributed by atoms with Crippen LogP contribution < -0.4 is 0 Å². The minimum atomic E-state index is -0.681. The summed E-state index contributed by atoms with van der Waals surface area (Å²) in [5.41, 5.74) is 1.81. The third-order valence-corrected chi connectivity index (χ3v) is 4.11. The fourth-order valence-electron chi connectivity index (χ4n) is 2.92. The van der Waals surface area contributed by atoms with Crippen molar-refractivity contribution in [3.05, 3.63) is 47.8 Å². The van der Waals surface area contributed by atoms with Gasteiger partial charge in [-0.3, -0.25) is 0 Å². The molecular weight excluding hydrogens is 360 g/mol. The van der Waals surface area contributed by atoms with Gasteiger partial charge in [0.15, 0.2) is 0 Å². The predicted molar refractivity (Wildman–Crippen MR) is 105 cm³/mol. The third-order valence-electron chi connectivity index (χ3n) is 4.11. The molecule has 0 aliphatic rings. The minimum Gasteiger partial charge on any atom is -0.508 e. The van der Waals surface area contributed by atoms with Gasteiger partial charge in [-0.15, -0.1) is 0 Å². The molecule has 1 aromatic heterocycles. The third kappa shape index (κ3) is 3.69. The van der Waals surface area contributed by atoms with E-state index in [1.54, 1.807) is 64.1 Å². The van der Waals surface area contributed by atoms with Crippen molar-refractivity contribution < 1.29 is 24.2 Å². The molecule has 146 valence electrons. The molecule has 2 aromatic carbocycles. The van der Waals surface area contributed by atoms with Crippen LogP contribution in [0.15, 0.2) is 36.4 Å². The van der Waals surface area contributed by atoms with E-state index >= 15 is 0 Å². The largest absolute Gasteiger partial charge is 0.508 e. The van der Waals surface area contributed by atoms with Gasteiger partial charge >= 0.3 is 12.1 Å². The molecule has 0 radical (unpaired) electrons. The number of aromatic hydroxyl groups is 1. The van der Waals surface area contributed by atoms with Gasteiger partial charge in [0.05, 0.1) is 18.2 Å². The predicted octanol–water partition coefficient (Wildman–Crippen LogP) is 4.29. The number of benzene rings is 2. The van der Waals surface area contributed by atoms with Crippen LogP contribution in [0, 0.1) is 6.92 Å². The number of nitrogens with zero attached hydrogens (tertiary/aromatic N) is 2. The van der Waals surface area contributed by atoms with E-state index in [1.165, 1.54) is 11.7 Å². The quantitative estimate of drug-likeness (QED) is 0.665. The monoisotopic (exact) mass is 382 g/mol. The summed E-state index contributed by atoms with van der Waals surface area (Å²) in [4.78, 5) is 29.5. The van der Waals surface area contributed by atoms with E-state index in [9.17, 15) is 14.7 Å². The smallest absolute Gasteiger partial charge is 0.420 e. The number of esters is 1. The van der Waals surface area contributed by atoms with Crippen molar-refractivity contribution in [3.8, 4) is 16.9 Å². The number of hydrogen-bond acceptors (Lipinski definition) is 6. The van der Waals surface area contributed by atoms with Gasteiger partial charge in [0.25, 0.3) is 0 Å². The lowest BCUT2D eigenvalue weighted by molar-refractivity contribution is 0.0538. The van der Waals surface area contributed by atoms with Crippen LogP contribution in [0.25, 0.3) is 22.2 Å². The fraction of sp³-hybridized carbons (Fsp3) is 0.286. The van der Waals surface area contributed by atoms with Crippen molar-refractivity contribution in [2.75, 3.05) is 7.11 Å². The van der Waals surface area contributed by atoms with Crippen molar-refractivity contribution in [2.24, 2.45) is 0 Å². The average molecular weight is 382 g/mol. The Hall–Kier alpha value is -3.35. The maximum absolute atomic E-state index is 12.8. The Morgan fingerprint density at radius 1 is 1.07 bits per heavy atom. The summed E-state index contributed by atoms with van der Waals surface area (Å²) in [7, 11) is 1.29. The van der Waals surface area contributed by atoms with E-state index in [2.05, 4.69) is 4.98 Å². The van der Waals surface area contributed by atoms with E-state index in [0.29, 0.717) is 22.4 Å². The van der Waals surface area contributed by atoms with E-state index in [-0.39, 0.29) is 11.3 Å². The number of aromatic nitrogens is 2. The number of phenols is 1. The van der Waals surface area contributed by atoms with Crippen LogP contribution in [0.5, 0.6) is 5.75 Å². The molecule has 0 fully saturated rings. The molecule has 7 heteroatoms. The second-order valence-electron chi connectivity index (χ2n) is 7.40. The molecule has 3 rings (SSSR count). The summed E-state index contributed by atoms with van der Waals surface area (Å²) in [6.07, 6.45) is -0.578. The Kier molecular flexibility index (Phi) is 4.85. The highest BCUT2D eigenvalue weighted by Crippen LogP contribution is 2.30. The molecule has 0 unspecified atom stereocenters. The zero-order valence-corrected chi connectivity index (χ0v) is 16.4. The molecule has 0 aliphatic carbocycles. The van der Waals surface area contributed by atoms with Crippen LogP contribution in [0.3, 0.4) is 0 Å². The number of carbonyl (C=O) groups excluding carboxylic acids is 2. The summed E-state index contributed by atoms with van der Waals surface area (Å²) in [5.74, 6) is -0.0237. The van der Waals surface area contributed by atoms with E-state index in [0.717, 1.165) is 5.56 Å². The number of fused-ring (bicyclic) bond motifs is 1. The fourth-order valence-corrected chi connectivity index (χ4v) is 2.92. The Balaban J connectivity index is 2.27. The lowest BCUT2D eigenvalue weighted by Gasteiger charge is -2.20. The topological polar surface area (TPSA) is 90.6 Å². The first-order valence-corrected chi connectivity index (χ1v) is 8.75. The summed E-state index contributed by atoms with van der Waals surface area (Å²) in [6.45, 7) is 7.01. The highest BCUT2D eigenvalue weighted by molar-refractivity contribution is 6.05. The van der Waals surface area contributed by atoms with Gasteiger partial charge in [0.1, 0.15) is 22.7 Å². The van der Waals surface area contributed by atoms with E-state index in [1.807, 2.05) is 0 Å². The zero-order valence-electron chi connectivity index (χ0n) is 16.4. The van der Waals surface area contributed by atoms with Crippen LogP contribution in [-0.4, -0.2) is 39.4 Å². The van der Waals surface area contributed by atoms with Gasteiger partial charge < -0.3 is 14.6 Å². The van der Waals surface area contributed by atoms with Gasteiger partial charge in [-0.05, 0) is 63.1 Å². The van der Waals surface area contributed by atoms with Crippen molar-refractivity contribution in [1.82, 2.24) is 9.55 Å². The van der Waals surface area contributed by atoms with Crippen LogP contribution in [0.4, 0.5) is 4.79 Å². The zero-order chi connectivity index (χ0) is 20.6. The second kappa shape index (κ2) is 6.99. The maximum atomic E-state index is 12.8. The minimum absolute atomic E-state index is 0.132. The standard InChI is InChI=1S/C21H22N2O5/c1-12-22-18-16(19(25)27-5)10-14(13-6-8-15(24)9-7-13)11-17(18)23(12)20(26)28-21(2,3)4/h6-11,24H,1-5H3. The summed E-state index contributed by atoms with van der Waals surface area (Å²) in [6, 6.07) is 9.96. The second-order valence-corrected chi connectivity index (χ2v) is 7.40. The molecule has 1 heterocycles. The Morgan fingerprint density at radius 3 is 2.29 bits per heavy atom. The van der Waals surface area contributed by atoms with Crippen LogP contribution in [0.1, 0.15) is 37.0 Å². The van der Waals surface area contributed by atoms with Crippen LogP contribution in [0.2, 0.25) is 0 Å². The first-order chi connectivity index (χ1) is 13.1. The number of phenolic OH excluding ortho intramolecular Hbond substituents is 1. The number of rotatable bonds is 2. The lowest BCUT2D eigenvalue weighted by Crippen LogP contribution is -2.27. The SMILES string of the molecule is COC(=O)c1cc(-c2ccc(O)cc2)cc2c1nc(C)n2C(=O)OC(C)(C)C. The van der Waals surface area contributed by atoms with E-state index in [4.69, 9.17) is 9.47 Å². The summed E-state index contributed by atoms with van der Waals surface area (Å²) < 4.78 is 11.7. The maximum Gasteiger partial charge on any atom is 0.420 e. The molecule has 3 aromatic rings. The molecule has 0 aliphatic heterocycles. The van der Waals surface area contributed by atoms with Crippen LogP contribution in [-0.2, 0) is 9.47 Å². The van der Waals surface area contributed by atoms with Gasteiger partial charge in [0.2, 0.25) is 0 Å². The molecule has 0 bridgehead atoms. The molecule has 1 N–H and O–H groups in total. The first-order valence-electron chi connectivity index (χ1n) is 8.75. The molecular formula is C21H22N2O5. The first kappa shape index (κ1) is 19.4. The van der Waals surface area contributed by atoms with Gasteiger partial charge in [0, 0.05) is 0 Å². The average Bonchev–Trinajstić information content (AvgIpc) is 2.95.